The zero-order valence-electron chi connectivity index (χ0n) is 20.6. The van der Waals surface area contributed by atoms with Crippen molar-refractivity contribution in [2.45, 2.75) is 18.9 Å². The summed E-state index contributed by atoms with van der Waals surface area (Å²) in [7, 11) is 3.18. The molecule has 1 aliphatic heterocycles. The number of anilines is 2. The van der Waals surface area contributed by atoms with Crippen LogP contribution in [-0.2, 0) is 9.59 Å². The molecule has 1 N–H and O–H groups in total. The third-order valence-corrected chi connectivity index (χ3v) is 6.53. The first-order valence-corrected chi connectivity index (χ1v) is 11.9. The van der Waals surface area contributed by atoms with Gasteiger partial charge < -0.3 is 19.7 Å². The minimum absolute atomic E-state index is 0.0588. The third kappa shape index (κ3) is 4.88. The standard InChI is InChI=1S/C28H27N5O4/c1-36-21-10-8-20(9-11-21)33-26(34)14-12-23(27(33)22-5-3-4-6-24(22)37-2)28(35)31-19-7-13-25(30-17-19)32-16-15-29-18-32/h3-11,13,15-18,23,27H,12,14H2,1-2H3,(H,31,35)/t23-,27-/m1/s1. The molecule has 37 heavy (non-hydrogen) atoms. The van der Waals surface area contributed by atoms with Crippen LogP contribution in [0.15, 0.2) is 85.6 Å². The number of para-hydroxylation sites is 1. The van der Waals surface area contributed by atoms with Gasteiger partial charge in [0.1, 0.15) is 23.6 Å². The van der Waals surface area contributed by atoms with Gasteiger partial charge >= 0.3 is 0 Å². The van der Waals surface area contributed by atoms with E-state index in [1.165, 1.54) is 0 Å². The van der Waals surface area contributed by atoms with Crippen molar-refractivity contribution in [3.63, 3.8) is 0 Å². The van der Waals surface area contributed by atoms with Crippen LogP contribution in [-0.4, -0.2) is 40.6 Å². The first-order chi connectivity index (χ1) is 18.1. The molecular weight excluding hydrogens is 470 g/mol. The highest BCUT2D eigenvalue weighted by Gasteiger charge is 2.42. The minimum atomic E-state index is -0.566. The highest BCUT2D eigenvalue weighted by atomic mass is 16.5. The SMILES string of the molecule is COc1ccc(N2C(=O)CC[C@@H](C(=O)Nc3ccc(-n4ccnc4)nc3)[C@H]2c2ccccc2OC)cc1. The summed E-state index contributed by atoms with van der Waals surface area (Å²) in [6.45, 7) is 0. The largest absolute Gasteiger partial charge is 0.497 e. The third-order valence-electron chi connectivity index (χ3n) is 6.53. The normalized spacial score (nSPS) is 17.4. The van der Waals surface area contributed by atoms with Crippen LogP contribution in [0.5, 0.6) is 11.5 Å². The van der Waals surface area contributed by atoms with E-state index in [1.54, 1.807) is 66.8 Å². The summed E-state index contributed by atoms with van der Waals surface area (Å²) in [4.78, 5) is 37.2. The van der Waals surface area contributed by atoms with Gasteiger partial charge in [-0.1, -0.05) is 18.2 Å². The zero-order valence-corrected chi connectivity index (χ0v) is 20.6. The number of aromatic nitrogens is 3. The van der Waals surface area contributed by atoms with Gasteiger partial charge in [0.15, 0.2) is 0 Å². The van der Waals surface area contributed by atoms with E-state index in [4.69, 9.17) is 9.47 Å². The van der Waals surface area contributed by atoms with E-state index < -0.39 is 12.0 Å². The number of hydrogen-bond donors (Lipinski definition) is 1. The first-order valence-electron chi connectivity index (χ1n) is 11.9. The molecule has 1 fully saturated rings. The Bertz CT molecular complexity index is 1370. The molecule has 2 amide bonds. The van der Waals surface area contributed by atoms with Crippen molar-refractivity contribution in [2.75, 3.05) is 24.4 Å². The highest BCUT2D eigenvalue weighted by molar-refractivity contribution is 6.00. The Kier molecular flexibility index (Phi) is 6.85. The van der Waals surface area contributed by atoms with Crippen LogP contribution >= 0.6 is 0 Å². The molecule has 0 saturated carbocycles. The fourth-order valence-corrected chi connectivity index (χ4v) is 4.72. The number of methoxy groups -OCH3 is 2. The summed E-state index contributed by atoms with van der Waals surface area (Å²) in [6.07, 6.45) is 7.39. The summed E-state index contributed by atoms with van der Waals surface area (Å²) in [5.41, 5.74) is 2.02. The number of amides is 2. The monoisotopic (exact) mass is 497 g/mol. The molecule has 2 atom stereocenters. The number of carbonyl (C=O) groups is 2. The van der Waals surface area contributed by atoms with Gasteiger partial charge in [0, 0.05) is 30.1 Å². The molecule has 9 heteroatoms. The molecule has 4 aromatic rings. The molecule has 3 heterocycles. The number of pyridine rings is 1. The van der Waals surface area contributed by atoms with E-state index in [2.05, 4.69) is 15.3 Å². The van der Waals surface area contributed by atoms with Crippen molar-refractivity contribution < 1.29 is 19.1 Å². The second-order valence-electron chi connectivity index (χ2n) is 8.66. The lowest BCUT2D eigenvalue weighted by atomic mass is 9.82. The number of piperidine rings is 1. The summed E-state index contributed by atoms with van der Waals surface area (Å²) in [6, 6.07) is 17.8. The summed E-state index contributed by atoms with van der Waals surface area (Å²) in [5, 5.41) is 3.00. The minimum Gasteiger partial charge on any atom is -0.497 e. The Labute approximate surface area is 214 Å². The number of imidazole rings is 1. The second-order valence-corrected chi connectivity index (χ2v) is 8.66. The van der Waals surface area contributed by atoms with Gasteiger partial charge in [-0.25, -0.2) is 9.97 Å². The predicted octanol–water partition coefficient (Wildman–Crippen LogP) is 4.41. The number of rotatable bonds is 7. The molecule has 5 rings (SSSR count). The number of ether oxygens (including phenoxy) is 2. The molecule has 0 radical (unpaired) electrons. The van der Waals surface area contributed by atoms with Crippen molar-refractivity contribution in [2.24, 2.45) is 5.92 Å². The van der Waals surface area contributed by atoms with Crippen LogP contribution in [0.4, 0.5) is 11.4 Å². The van der Waals surface area contributed by atoms with Gasteiger partial charge in [-0.15, -0.1) is 0 Å². The van der Waals surface area contributed by atoms with Gasteiger partial charge in [0.2, 0.25) is 11.8 Å². The maximum absolute atomic E-state index is 13.7. The molecule has 2 aromatic carbocycles. The fraction of sp³-hybridized carbons (Fsp3) is 0.214. The Hall–Kier alpha value is -4.66. The van der Waals surface area contributed by atoms with Crippen LogP contribution in [0.25, 0.3) is 5.82 Å². The summed E-state index contributed by atoms with van der Waals surface area (Å²) in [5.74, 6) is 1.21. The lowest BCUT2D eigenvalue weighted by Crippen LogP contribution is -2.47. The molecule has 0 spiro atoms. The van der Waals surface area contributed by atoms with Crippen LogP contribution in [0.3, 0.4) is 0 Å². The zero-order chi connectivity index (χ0) is 25.8. The lowest BCUT2D eigenvalue weighted by Gasteiger charge is -2.41. The molecule has 0 bridgehead atoms. The van der Waals surface area contributed by atoms with E-state index in [1.807, 2.05) is 42.5 Å². The molecule has 2 aromatic heterocycles. The fourth-order valence-electron chi connectivity index (χ4n) is 4.72. The van der Waals surface area contributed by atoms with Crippen LogP contribution < -0.4 is 19.7 Å². The van der Waals surface area contributed by atoms with Gasteiger partial charge in [-0.3, -0.25) is 14.2 Å². The molecule has 188 valence electrons. The quantitative estimate of drug-likeness (QED) is 0.406. The van der Waals surface area contributed by atoms with E-state index in [0.717, 1.165) is 5.56 Å². The van der Waals surface area contributed by atoms with E-state index in [-0.39, 0.29) is 18.2 Å². The number of hydrogen-bond acceptors (Lipinski definition) is 6. The van der Waals surface area contributed by atoms with Gasteiger partial charge in [0.25, 0.3) is 0 Å². The Morgan fingerprint density at radius 2 is 1.84 bits per heavy atom. The van der Waals surface area contributed by atoms with Gasteiger partial charge in [-0.05, 0) is 48.9 Å². The van der Waals surface area contributed by atoms with Crippen LogP contribution in [0, 0.1) is 5.92 Å². The van der Waals surface area contributed by atoms with Crippen molar-refractivity contribution in [1.82, 2.24) is 14.5 Å². The molecule has 1 saturated heterocycles. The van der Waals surface area contributed by atoms with E-state index >= 15 is 0 Å². The average Bonchev–Trinajstić information content (AvgIpc) is 3.48. The predicted molar refractivity (Wildman–Crippen MR) is 139 cm³/mol. The number of benzene rings is 2. The van der Waals surface area contributed by atoms with Gasteiger partial charge in [0.05, 0.1) is 38.1 Å². The molecule has 0 aliphatic carbocycles. The van der Waals surface area contributed by atoms with E-state index in [9.17, 15) is 9.59 Å². The van der Waals surface area contributed by atoms with Gasteiger partial charge in [-0.2, -0.15) is 0 Å². The van der Waals surface area contributed by atoms with Crippen molar-refractivity contribution in [3.8, 4) is 17.3 Å². The first kappa shape index (κ1) is 24.1. The molecule has 9 nitrogen and oxygen atoms in total. The smallest absolute Gasteiger partial charge is 0.229 e. The van der Waals surface area contributed by atoms with Crippen LogP contribution in [0.1, 0.15) is 24.4 Å². The second kappa shape index (κ2) is 10.5. The lowest BCUT2D eigenvalue weighted by molar-refractivity contribution is -0.126. The Morgan fingerprint density at radius 3 is 2.51 bits per heavy atom. The van der Waals surface area contributed by atoms with Crippen LogP contribution in [0.2, 0.25) is 0 Å². The van der Waals surface area contributed by atoms with Crippen molar-refractivity contribution in [1.29, 1.82) is 0 Å². The summed E-state index contributed by atoms with van der Waals surface area (Å²) < 4.78 is 12.7. The number of nitrogens with zero attached hydrogens (tertiary/aromatic N) is 4. The maximum Gasteiger partial charge on any atom is 0.229 e. The number of nitrogens with one attached hydrogen (secondary N) is 1. The van der Waals surface area contributed by atoms with E-state index in [0.29, 0.717) is 35.1 Å². The molecule has 0 unspecified atom stereocenters. The topological polar surface area (TPSA) is 98.6 Å². The Balaban J connectivity index is 1.49. The summed E-state index contributed by atoms with van der Waals surface area (Å²) >= 11 is 0. The molecular formula is C28H27N5O4. The Morgan fingerprint density at radius 1 is 1.03 bits per heavy atom. The number of carbonyl (C=O) groups excluding carboxylic acids is 2. The maximum atomic E-state index is 13.7. The van der Waals surface area contributed by atoms with Crippen molar-refractivity contribution in [3.05, 3.63) is 91.1 Å². The average molecular weight is 498 g/mol. The highest BCUT2D eigenvalue weighted by Crippen LogP contribution is 2.43. The molecule has 1 aliphatic rings. The van der Waals surface area contributed by atoms with Crippen molar-refractivity contribution >= 4 is 23.2 Å².